The Morgan fingerprint density at radius 2 is 1.54 bits per heavy atom. The van der Waals surface area contributed by atoms with Gasteiger partial charge in [0, 0.05) is 45.2 Å². The molecule has 4 heteroatoms. The molecule has 0 radical (unpaired) electrons. The molecule has 0 atom stereocenters. The summed E-state index contributed by atoms with van der Waals surface area (Å²) in [6, 6.07) is 0. The molecule has 0 saturated carbocycles. The van der Waals surface area contributed by atoms with Crippen LogP contribution in [0, 0.1) is 5.92 Å². The van der Waals surface area contributed by atoms with Gasteiger partial charge in [-0.15, -0.1) is 0 Å². The van der Waals surface area contributed by atoms with Crippen LogP contribution in [-0.4, -0.2) is 75.2 Å². The van der Waals surface area contributed by atoms with Gasteiger partial charge in [-0.25, -0.2) is 0 Å². The minimum absolute atomic E-state index is 0.606. The van der Waals surface area contributed by atoms with Crippen molar-refractivity contribution < 1.29 is 0 Å². The van der Waals surface area contributed by atoms with E-state index < -0.39 is 0 Å². The van der Waals surface area contributed by atoms with Crippen LogP contribution >= 0.6 is 0 Å². The van der Waals surface area contributed by atoms with E-state index in [1.165, 1.54) is 31.5 Å². The summed E-state index contributed by atoms with van der Waals surface area (Å²) in [5.41, 5.74) is 1.49. The first kappa shape index (κ1) is 19.6. The molecule has 0 aromatic heterocycles. The van der Waals surface area contributed by atoms with Crippen LogP contribution in [0.15, 0.2) is 48.1 Å². The van der Waals surface area contributed by atoms with Crippen LogP contribution < -0.4 is 10.6 Å². The minimum atomic E-state index is 0.606. The van der Waals surface area contributed by atoms with Gasteiger partial charge in [0.15, 0.2) is 0 Å². The number of nitrogens with one attached hydrogen (secondary N) is 2. The van der Waals surface area contributed by atoms with E-state index in [1.807, 2.05) is 0 Å². The second kappa shape index (κ2) is 11.5. The normalized spacial score (nSPS) is 24.8. The third-order valence-electron chi connectivity index (χ3n) is 5.42. The Hall–Kier alpha value is -1.20. The second-order valence-corrected chi connectivity index (χ2v) is 7.63. The molecule has 3 rings (SSSR count). The van der Waals surface area contributed by atoms with E-state index in [2.05, 4.69) is 63.0 Å². The van der Waals surface area contributed by atoms with Crippen molar-refractivity contribution in [2.45, 2.75) is 19.3 Å². The molecule has 2 N–H and O–H groups in total. The van der Waals surface area contributed by atoms with Crippen LogP contribution in [0.3, 0.4) is 0 Å². The first-order chi connectivity index (χ1) is 12.9. The maximum absolute atomic E-state index is 3.66. The number of nitrogens with zero attached hydrogens (tertiary/aromatic N) is 2. The molecule has 0 bridgehead atoms. The molecule has 2 aliphatic carbocycles. The van der Waals surface area contributed by atoms with Crippen molar-refractivity contribution >= 4 is 0 Å². The van der Waals surface area contributed by atoms with Crippen LogP contribution in [0.1, 0.15) is 19.3 Å². The SMILES string of the molecule is C1=CC(CN2CCCNCCN(CC3=CCC=C3)CCCNCC2)C=C1. The zero-order valence-electron chi connectivity index (χ0n) is 16.2. The van der Waals surface area contributed by atoms with Gasteiger partial charge in [-0.2, -0.15) is 0 Å². The van der Waals surface area contributed by atoms with Gasteiger partial charge in [0.1, 0.15) is 0 Å². The molecule has 1 aliphatic heterocycles. The minimum Gasteiger partial charge on any atom is -0.315 e. The second-order valence-electron chi connectivity index (χ2n) is 7.63. The molecule has 26 heavy (non-hydrogen) atoms. The highest BCUT2D eigenvalue weighted by molar-refractivity contribution is 5.27. The topological polar surface area (TPSA) is 30.5 Å². The first-order valence-corrected chi connectivity index (χ1v) is 10.5. The van der Waals surface area contributed by atoms with Crippen molar-refractivity contribution in [1.82, 2.24) is 20.4 Å². The van der Waals surface area contributed by atoms with Gasteiger partial charge in [0.2, 0.25) is 0 Å². The molecular formula is C22H36N4. The van der Waals surface area contributed by atoms with Crippen molar-refractivity contribution in [3.8, 4) is 0 Å². The summed E-state index contributed by atoms with van der Waals surface area (Å²) in [5, 5.41) is 7.32. The van der Waals surface area contributed by atoms with E-state index in [4.69, 9.17) is 0 Å². The summed E-state index contributed by atoms with van der Waals surface area (Å²) >= 11 is 0. The zero-order valence-corrected chi connectivity index (χ0v) is 16.2. The average Bonchev–Trinajstić information content (AvgIpc) is 3.33. The fourth-order valence-electron chi connectivity index (χ4n) is 3.92. The van der Waals surface area contributed by atoms with E-state index in [9.17, 15) is 0 Å². The van der Waals surface area contributed by atoms with Crippen LogP contribution in [0.5, 0.6) is 0 Å². The number of hydrogen-bond donors (Lipinski definition) is 2. The highest BCUT2D eigenvalue weighted by Crippen LogP contribution is 2.12. The zero-order chi connectivity index (χ0) is 17.9. The summed E-state index contributed by atoms with van der Waals surface area (Å²) in [6.07, 6.45) is 19.5. The van der Waals surface area contributed by atoms with Crippen LogP contribution in [-0.2, 0) is 0 Å². The third kappa shape index (κ3) is 7.20. The predicted octanol–water partition coefficient (Wildman–Crippen LogP) is 2.19. The van der Waals surface area contributed by atoms with E-state index >= 15 is 0 Å². The van der Waals surface area contributed by atoms with Crippen molar-refractivity contribution in [3.63, 3.8) is 0 Å². The monoisotopic (exact) mass is 356 g/mol. The van der Waals surface area contributed by atoms with E-state index in [-0.39, 0.29) is 0 Å². The summed E-state index contributed by atoms with van der Waals surface area (Å²) in [6.45, 7) is 11.4. The fourth-order valence-corrected chi connectivity index (χ4v) is 3.92. The molecule has 0 aromatic carbocycles. The lowest BCUT2D eigenvalue weighted by molar-refractivity contribution is 0.248. The Bertz CT molecular complexity index is 492. The largest absolute Gasteiger partial charge is 0.315 e. The molecule has 1 saturated heterocycles. The van der Waals surface area contributed by atoms with Gasteiger partial charge in [-0.1, -0.05) is 42.5 Å². The van der Waals surface area contributed by atoms with Crippen molar-refractivity contribution in [1.29, 1.82) is 0 Å². The maximum Gasteiger partial charge on any atom is 0.0231 e. The predicted molar refractivity (Wildman–Crippen MR) is 111 cm³/mol. The van der Waals surface area contributed by atoms with Crippen molar-refractivity contribution in [2.24, 2.45) is 5.92 Å². The Labute approximate surface area is 159 Å². The number of rotatable bonds is 4. The first-order valence-electron chi connectivity index (χ1n) is 10.5. The Morgan fingerprint density at radius 3 is 2.23 bits per heavy atom. The van der Waals surface area contributed by atoms with E-state index in [1.54, 1.807) is 0 Å². The summed E-state index contributed by atoms with van der Waals surface area (Å²) in [5.74, 6) is 0.606. The van der Waals surface area contributed by atoms with Crippen LogP contribution in [0.25, 0.3) is 0 Å². The van der Waals surface area contributed by atoms with Gasteiger partial charge in [0.25, 0.3) is 0 Å². The lowest BCUT2D eigenvalue weighted by Gasteiger charge is -2.26. The average molecular weight is 357 g/mol. The van der Waals surface area contributed by atoms with E-state index in [0.717, 1.165) is 58.8 Å². The summed E-state index contributed by atoms with van der Waals surface area (Å²) in [7, 11) is 0. The molecular weight excluding hydrogens is 320 g/mol. The van der Waals surface area contributed by atoms with Gasteiger partial charge in [-0.3, -0.25) is 4.90 Å². The van der Waals surface area contributed by atoms with Crippen LogP contribution in [0.4, 0.5) is 0 Å². The third-order valence-corrected chi connectivity index (χ3v) is 5.42. The molecule has 0 unspecified atom stereocenters. The van der Waals surface area contributed by atoms with Gasteiger partial charge in [-0.05, 0) is 51.0 Å². The number of hydrogen-bond acceptors (Lipinski definition) is 4. The van der Waals surface area contributed by atoms with Gasteiger partial charge >= 0.3 is 0 Å². The van der Waals surface area contributed by atoms with Gasteiger partial charge in [0.05, 0.1) is 0 Å². The molecule has 0 aromatic rings. The maximum atomic E-state index is 3.66. The Kier molecular flexibility index (Phi) is 8.65. The Balaban J connectivity index is 1.41. The summed E-state index contributed by atoms with van der Waals surface area (Å²) < 4.78 is 0. The molecule has 4 nitrogen and oxygen atoms in total. The fraction of sp³-hybridized carbons (Fsp3) is 0.636. The highest BCUT2D eigenvalue weighted by atomic mass is 15.2. The molecule has 1 heterocycles. The molecule has 144 valence electrons. The van der Waals surface area contributed by atoms with Crippen LogP contribution in [0.2, 0.25) is 0 Å². The highest BCUT2D eigenvalue weighted by Gasteiger charge is 2.12. The lowest BCUT2D eigenvalue weighted by Crippen LogP contribution is -2.39. The van der Waals surface area contributed by atoms with Crippen molar-refractivity contribution in [2.75, 3.05) is 65.4 Å². The standard InChI is InChI=1S/C22H36N4/c1-2-8-21(7-1)19-25-15-5-11-24-14-18-26(16-6-12-23-13-17-25)20-22-9-3-4-10-22/h1-3,7-10,21,23-24H,4-6,11-20H2. The number of allylic oxidation sites excluding steroid dienone is 4. The van der Waals surface area contributed by atoms with Gasteiger partial charge < -0.3 is 15.5 Å². The smallest absolute Gasteiger partial charge is 0.0231 e. The lowest BCUT2D eigenvalue weighted by atomic mass is 10.1. The molecule has 0 spiro atoms. The quantitative estimate of drug-likeness (QED) is 0.808. The van der Waals surface area contributed by atoms with Crippen molar-refractivity contribution in [3.05, 3.63) is 48.1 Å². The molecule has 1 fully saturated rings. The molecule has 0 amide bonds. The molecule has 3 aliphatic rings. The van der Waals surface area contributed by atoms with E-state index in [0.29, 0.717) is 5.92 Å². The summed E-state index contributed by atoms with van der Waals surface area (Å²) in [4.78, 5) is 5.23. The Morgan fingerprint density at radius 1 is 0.846 bits per heavy atom.